The van der Waals surface area contributed by atoms with Crippen molar-refractivity contribution in [3.05, 3.63) is 56.4 Å². The largest absolute Gasteiger partial charge is 0.468 e. The van der Waals surface area contributed by atoms with Gasteiger partial charge in [0.15, 0.2) is 16.3 Å². The topological polar surface area (TPSA) is 122 Å². The highest BCUT2D eigenvalue weighted by Gasteiger charge is 2.21. The van der Waals surface area contributed by atoms with Gasteiger partial charge in [0.25, 0.3) is 11.6 Å². The summed E-state index contributed by atoms with van der Waals surface area (Å²) in [5.74, 6) is -0.0955. The number of carbonyl (C=O) groups excluding carboxylic acids is 2. The minimum absolute atomic E-state index is 0.103. The predicted molar refractivity (Wildman–Crippen MR) is 106 cm³/mol. The van der Waals surface area contributed by atoms with Crippen LogP contribution in [0, 0.1) is 17.0 Å². The second-order valence-corrected chi connectivity index (χ2v) is 7.35. The number of benzene rings is 2. The van der Waals surface area contributed by atoms with E-state index in [2.05, 4.69) is 4.99 Å². The standard InChI is InChI=1S/C19H15N3O7S/c1-10-11(4-3-5-12(10)22(25)26)18(24)20-19-21(8-17(23)27-2)13-6-14-15(29-9-28-14)7-16(13)30-19/h3-7H,8-9H2,1-2H3. The van der Waals surface area contributed by atoms with Crippen LogP contribution in [0.5, 0.6) is 11.5 Å². The van der Waals surface area contributed by atoms with E-state index >= 15 is 0 Å². The van der Waals surface area contributed by atoms with Crippen LogP contribution in [0.4, 0.5) is 5.69 Å². The number of ether oxygens (including phenoxy) is 3. The number of thiazole rings is 1. The maximum absolute atomic E-state index is 12.8. The third-order valence-corrected chi connectivity index (χ3v) is 5.66. The Morgan fingerprint density at radius 3 is 2.73 bits per heavy atom. The van der Waals surface area contributed by atoms with E-state index < -0.39 is 16.8 Å². The van der Waals surface area contributed by atoms with Gasteiger partial charge >= 0.3 is 5.97 Å². The highest BCUT2D eigenvalue weighted by atomic mass is 32.1. The fraction of sp³-hybridized carbons (Fsp3) is 0.211. The molecule has 0 radical (unpaired) electrons. The number of nitro benzene ring substituents is 1. The van der Waals surface area contributed by atoms with Crippen LogP contribution in [-0.4, -0.2) is 35.3 Å². The summed E-state index contributed by atoms with van der Waals surface area (Å²) in [4.78, 5) is 39.8. The Labute approximate surface area is 173 Å². The Morgan fingerprint density at radius 2 is 2.03 bits per heavy atom. The number of nitro groups is 1. The zero-order chi connectivity index (χ0) is 21.4. The number of methoxy groups -OCH3 is 1. The fourth-order valence-electron chi connectivity index (χ4n) is 3.09. The first-order chi connectivity index (χ1) is 14.4. The van der Waals surface area contributed by atoms with E-state index in [4.69, 9.17) is 14.2 Å². The normalized spacial score (nSPS) is 12.9. The number of fused-ring (bicyclic) bond motifs is 2. The molecule has 0 aliphatic carbocycles. The molecule has 0 fully saturated rings. The molecule has 2 heterocycles. The first-order valence-electron chi connectivity index (χ1n) is 8.72. The molecule has 10 nitrogen and oxygen atoms in total. The zero-order valence-corrected chi connectivity index (χ0v) is 16.7. The van der Waals surface area contributed by atoms with Gasteiger partial charge in [-0.25, -0.2) is 0 Å². The lowest BCUT2D eigenvalue weighted by atomic mass is 10.1. The average molecular weight is 429 g/mol. The van der Waals surface area contributed by atoms with Crippen LogP contribution in [0.15, 0.2) is 35.3 Å². The summed E-state index contributed by atoms with van der Waals surface area (Å²) in [7, 11) is 1.26. The van der Waals surface area contributed by atoms with E-state index in [9.17, 15) is 19.7 Å². The van der Waals surface area contributed by atoms with Gasteiger partial charge in [0.1, 0.15) is 6.54 Å². The van der Waals surface area contributed by atoms with Crippen LogP contribution in [0.25, 0.3) is 10.2 Å². The number of nitrogens with zero attached hydrogens (tertiary/aromatic N) is 3. The summed E-state index contributed by atoms with van der Waals surface area (Å²) in [6, 6.07) is 7.69. The van der Waals surface area contributed by atoms with Crippen molar-refractivity contribution in [2.24, 2.45) is 4.99 Å². The van der Waals surface area contributed by atoms with E-state index in [1.54, 1.807) is 16.7 Å². The Morgan fingerprint density at radius 1 is 1.30 bits per heavy atom. The molecule has 1 amide bonds. The van der Waals surface area contributed by atoms with Gasteiger partial charge < -0.3 is 18.8 Å². The van der Waals surface area contributed by atoms with Crippen molar-refractivity contribution >= 4 is 39.1 Å². The fourth-order valence-corrected chi connectivity index (χ4v) is 4.13. The van der Waals surface area contributed by atoms with Gasteiger partial charge in [-0.1, -0.05) is 17.4 Å². The molecule has 0 N–H and O–H groups in total. The van der Waals surface area contributed by atoms with E-state index in [-0.39, 0.29) is 35.0 Å². The smallest absolute Gasteiger partial charge is 0.325 e. The molecule has 154 valence electrons. The van der Waals surface area contributed by atoms with Gasteiger partial charge in [0.2, 0.25) is 6.79 Å². The molecule has 0 bridgehead atoms. The molecule has 3 aromatic rings. The van der Waals surface area contributed by atoms with Crippen molar-refractivity contribution in [3.63, 3.8) is 0 Å². The second-order valence-electron chi connectivity index (χ2n) is 6.34. The molecule has 1 aromatic heterocycles. The Kier molecular flexibility index (Phi) is 4.96. The minimum Gasteiger partial charge on any atom is -0.468 e. The molecular weight excluding hydrogens is 414 g/mol. The lowest BCUT2D eigenvalue weighted by molar-refractivity contribution is -0.385. The highest BCUT2D eigenvalue weighted by molar-refractivity contribution is 7.16. The molecule has 30 heavy (non-hydrogen) atoms. The molecule has 2 aromatic carbocycles. The van der Waals surface area contributed by atoms with Gasteiger partial charge in [-0.05, 0) is 13.0 Å². The van der Waals surface area contributed by atoms with Crippen molar-refractivity contribution < 1.29 is 28.7 Å². The van der Waals surface area contributed by atoms with E-state index in [0.29, 0.717) is 17.0 Å². The number of rotatable bonds is 4. The molecule has 0 saturated carbocycles. The van der Waals surface area contributed by atoms with Gasteiger partial charge in [-0.15, -0.1) is 0 Å². The van der Waals surface area contributed by atoms with E-state index in [1.165, 1.54) is 43.6 Å². The van der Waals surface area contributed by atoms with Crippen LogP contribution >= 0.6 is 11.3 Å². The number of hydrogen-bond acceptors (Lipinski definition) is 8. The maximum Gasteiger partial charge on any atom is 0.325 e. The van der Waals surface area contributed by atoms with Gasteiger partial charge in [0.05, 0.1) is 27.8 Å². The summed E-state index contributed by atoms with van der Waals surface area (Å²) < 4.78 is 17.8. The second kappa shape index (κ2) is 7.59. The van der Waals surface area contributed by atoms with E-state index in [0.717, 1.165) is 4.70 Å². The van der Waals surface area contributed by atoms with Crippen LogP contribution in [-0.2, 0) is 16.1 Å². The number of aromatic nitrogens is 1. The average Bonchev–Trinajstić information content (AvgIpc) is 3.30. The third-order valence-electron chi connectivity index (χ3n) is 4.62. The van der Waals surface area contributed by atoms with Crippen molar-refractivity contribution in [2.45, 2.75) is 13.5 Å². The molecule has 1 aliphatic rings. The summed E-state index contributed by atoms with van der Waals surface area (Å²) >= 11 is 1.18. The zero-order valence-electron chi connectivity index (χ0n) is 15.9. The van der Waals surface area contributed by atoms with Crippen LogP contribution in [0.1, 0.15) is 15.9 Å². The van der Waals surface area contributed by atoms with Crippen molar-refractivity contribution in [3.8, 4) is 11.5 Å². The van der Waals surface area contributed by atoms with Crippen molar-refractivity contribution in [1.29, 1.82) is 0 Å². The molecule has 0 saturated heterocycles. The number of carbonyl (C=O) groups is 2. The van der Waals surface area contributed by atoms with Crippen molar-refractivity contribution in [2.75, 3.05) is 13.9 Å². The quantitative estimate of drug-likeness (QED) is 0.355. The summed E-state index contributed by atoms with van der Waals surface area (Å²) in [5.41, 5.74) is 0.788. The Hall–Kier alpha value is -3.73. The number of amides is 1. The molecule has 11 heteroatoms. The maximum atomic E-state index is 12.8. The Balaban J connectivity index is 1.87. The monoisotopic (exact) mass is 429 g/mol. The molecular formula is C19H15N3O7S. The van der Waals surface area contributed by atoms with Gasteiger partial charge in [-0.2, -0.15) is 4.99 Å². The molecule has 1 aliphatic heterocycles. The van der Waals surface area contributed by atoms with Crippen LogP contribution in [0.2, 0.25) is 0 Å². The molecule has 0 spiro atoms. The van der Waals surface area contributed by atoms with Crippen LogP contribution in [0.3, 0.4) is 0 Å². The molecule has 0 unspecified atom stereocenters. The van der Waals surface area contributed by atoms with E-state index in [1.807, 2.05) is 0 Å². The van der Waals surface area contributed by atoms with Gasteiger partial charge in [0, 0.05) is 23.8 Å². The first kappa shape index (κ1) is 19.6. The lowest BCUT2D eigenvalue weighted by Gasteiger charge is -2.05. The highest BCUT2D eigenvalue weighted by Crippen LogP contribution is 2.37. The molecule has 0 atom stereocenters. The van der Waals surface area contributed by atoms with Crippen LogP contribution < -0.4 is 14.3 Å². The minimum atomic E-state index is -0.651. The Bertz CT molecular complexity index is 1280. The third kappa shape index (κ3) is 3.39. The number of hydrogen-bond donors (Lipinski definition) is 0. The lowest BCUT2D eigenvalue weighted by Crippen LogP contribution is -2.22. The number of esters is 1. The molecule has 4 rings (SSSR count). The summed E-state index contributed by atoms with van der Waals surface area (Å²) in [6.45, 7) is 1.43. The van der Waals surface area contributed by atoms with Gasteiger partial charge in [-0.3, -0.25) is 19.7 Å². The first-order valence-corrected chi connectivity index (χ1v) is 9.53. The predicted octanol–water partition coefficient (Wildman–Crippen LogP) is 2.56. The summed E-state index contributed by atoms with van der Waals surface area (Å²) in [5, 5.41) is 11.2. The van der Waals surface area contributed by atoms with Crippen molar-refractivity contribution in [1.82, 2.24) is 4.57 Å². The summed E-state index contributed by atoms with van der Waals surface area (Å²) in [6.07, 6.45) is 0. The SMILES string of the molecule is COC(=O)Cn1c(=NC(=O)c2cccc([N+](=O)[O-])c2C)sc2cc3c(cc21)OCO3.